The lowest BCUT2D eigenvalue weighted by Crippen LogP contribution is -2.35. The zero-order valence-corrected chi connectivity index (χ0v) is 12.2. The predicted octanol–water partition coefficient (Wildman–Crippen LogP) is 3.28. The van der Waals surface area contributed by atoms with Gasteiger partial charge in [-0.05, 0) is 5.56 Å². The highest BCUT2D eigenvalue weighted by molar-refractivity contribution is 9.09. The van der Waals surface area contributed by atoms with Gasteiger partial charge < -0.3 is 14.2 Å². The van der Waals surface area contributed by atoms with Gasteiger partial charge >= 0.3 is 6.16 Å². The van der Waals surface area contributed by atoms with Crippen LogP contribution in [0, 0.1) is 0 Å². The minimum Gasteiger partial charge on any atom is -0.431 e. The molecule has 1 aromatic carbocycles. The smallest absolute Gasteiger partial charge is 0.431 e. The Kier molecular flexibility index (Phi) is 5.66. The maximum absolute atomic E-state index is 11.2. The predicted molar refractivity (Wildman–Crippen MR) is 74.3 cm³/mol. The number of hydrogen-bond donors (Lipinski definition) is 0. The molecule has 0 aromatic heterocycles. The maximum atomic E-state index is 11.2. The SMILES string of the molecule is O=C1O[C@H](CBr)C[C@H](CCOCc2ccccc2)O1. The van der Waals surface area contributed by atoms with Crippen LogP contribution in [0.25, 0.3) is 0 Å². The topological polar surface area (TPSA) is 44.8 Å². The Bertz CT molecular complexity index is 396. The summed E-state index contributed by atoms with van der Waals surface area (Å²) in [7, 11) is 0. The molecule has 0 radical (unpaired) electrons. The molecule has 1 fully saturated rings. The van der Waals surface area contributed by atoms with Crippen molar-refractivity contribution in [2.24, 2.45) is 0 Å². The van der Waals surface area contributed by atoms with Crippen LogP contribution in [0.3, 0.4) is 0 Å². The van der Waals surface area contributed by atoms with Crippen molar-refractivity contribution >= 4 is 22.1 Å². The molecular weight excluding hydrogens is 312 g/mol. The molecule has 0 amide bonds. The van der Waals surface area contributed by atoms with Crippen LogP contribution in [0.4, 0.5) is 4.79 Å². The summed E-state index contributed by atoms with van der Waals surface area (Å²) in [6.45, 7) is 1.15. The number of halogens is 1. The van der Waals surface area contributed by atoms with Gasteiger partial charge in [0.1, 0.15) is 12.2 Å². The fourth-order valence-electron chi connectivity index (χ4n) is 1.94. The molecule has 2 atom stereocenters. The summed E-state index contributed by atoms with van der Waals surface area (Å²) in [6.07, 6.45) is 0.626. The number of rotatable bonds is 6. The Morgan fingerprint density at radius 2 is 1.95 bits per heavy atom. The minimum absolute atomic E-state index is 0.0969. The Balaban J connectivity index is 1.66. The molecule has 0 N–H and O–H groups in total. The highest BCUT2D eigenvalue weighted by Crippen LogP contribution is 2.19. The molecule has 1 aliphatic rings. The van der Waals surface area contributed by atoms with Crippen molar-refractivity contribution in [3.05, 3.63) is 35.9 Å². The van der Waals surface area contributed by atoms with Crippen LogP contribution >= 0.6 is 15.9 Å². The van der Waals surface area contributed by atoms with E-state index >= 15 is 0 Å². The van der Waals surface area contributed by atoms with Crippen molar-refractivity contribution in [2.45, 2.75) is 31.7 Å². The molecule has 1 heterocycles. The number of carbonyl (C=O) groups excluding carboxylic acids is 1. The first-order valence-electron chi connectivity index (χ1n) is 6.33. The standard InChI is InChI=1S/C14H17BrO4/c15-9-13-8-12(18-14(16)19-13)6-7-17-10-11-4-2-1-3-5-11/h1-5,12-13H,6-10H2/t12-,13-/m0/s1. The normalized spacial score (nSPS) is 22.7. The molecule has 0 spiro atoms. The Labute approximate surface area is 121 Å². The molecule has 19 heavy (non-hydrogen) atoms. The van der Waals surface area contributed by atoms with E-state index in [4.69, 9.17) is 14.2 Å². The van der Waals surface area contributed by atoms with Crippen molar-refractivity contribution in [3.8, 4) is 0 Å². The Morgan fingerprint density at radius 3 is 2.68 bits per heavy atom. The van der Waals surface area contributed by atoms with Crippen molar-refractivity contribution in [1.29, 1.82) is 0 Å². The summed E-state index contributed by atoms with van der Waals surface area (Å²) in [5.41, 5.74) is 1.14. The van der Waals surface area contributed by atoms with Gasteiger partial charge in [-0.3, -0.25) is 0 Å². The van der Waals surface area contributed by atoms with E-state index < -0.39 is 6.16 Å². The van der Waals surface area contributed by atoms with E-state index in [1.807, 2.05) is 30.3 Å². The third-order valence-corrected chi connectivity index (χ3v) is 3.64. The lowest BCUT2D eigenvalue weighted by atomic mass is 10.1. The van der Waals surface area contributed by atoms with E-state index in [0.717, 1.165) is 5.56 Å². The van der Waals surface area contributed by atoms with E-state index in [2.05, 4.69) is 15.9 Å². The fourth-order valence-corrected chi connectivity index (χ4v) is 2.34. The van der Waals surface area contributed by atoms with Crippen LogP contribution in [-0.4, -0.2) is 30.3 Å². The van der Waals surface area contributed by atoms with Crippen LogP contribution in [-0.2, 0) is 20.8 Å². The lowest BCUT2D eigenvalue weighted by Gasteiger charge is -2.27. The summed E-state index contributed by atoms with van der Waals surface area (Å²) in [4.78, 5) is 11.2. The van der Waals surface area contributed by atoms with Gasteiger partial charge in [0.05, 0.1) is 13.2 Å². The number of benzene rings is 1. The molecule has 1 saturated heterocycles. The second-order valence-electron chi connectivity index (χ2n) is 4.45. The number of alkyl halides is 1. The molecule has 1 aromatic rings. The Morgan fingerprint density at radius 1 is 1.21 bits per heavy atom. The third-order valence-electron chi connectivity index (χ3n) is 2.92. The summed E-state index contributed by atoms with van der Waals surface area (Å²) in [6, 6.07) is 10.00. The third kappa shape index (κ3) is 4.84. The van der Waals surface area contributed by atoms with Crippen LogP contribution in [0.2, 0.25) is 0 Å². The lowest BCUT2D eigenvalue weighted by molar-refractivity contribution is -0.0613. The quantitative estimate of drug-likeness (QED) is 0.456. The van der Waals surface area contributed by atoms with Gasteiger partial charge in [0.25, 0.3) is 0 Å². The van der Waals surface area contributed by atoms with Crippen molar-refractivity contribution in [1.82, 2.24) is 0 Å². The molecule has 5 heteroatoms. The highest BCUT2D eigenvalue weighted by Gasteiger charge is 2.28. The summed E-state index contributed by atoms with van der Waals surface area (Å²) in [5, 5.41) is 0.642. The largest absolute Gasteiger partial charge is 0.508 e. The van der Waals surface area contributed by atoms with E-state index in [1.54, 1.807) is 0 Å². The van der Waals surface area contributed by atoms with Crippen molar-refractivity contribution in [2.75, 3.05) is 11.9 Å². The molecule has 4 nitrogen and oxygen atoms in total. The van der Waals surface area contributed by atoms with Gasteiger partial charge in [0, 0.05) is 18.2 Å². The molecule has 0 bridgehead atoms. The highest BCUT2D eigenvalue weighted by atomic mass is 79.9. The first-order valence-corrected chi connectivity index (χ1v) is 7.45. The van der Waals surface area contributed by atoms with Crippen molar-refractivity contribution in [3.63, 3.8) is 0 Å². The molecule has 1 aliphatic heterocycles. The summed E-state index contributed by atoms with van der Waals surface area (Å²) >= 11 is 3.31. The van der Waals surface area contributed by atoms with Gasteiger partial charge in [0.15, 0.2) is 0 Å². The molecule has 104 valence electrons. The fraction of sp³-hybridized carbons (Fsp3) is 0.500. The molecule has 2 rings (SSSR count). The summed E-state index contributed by atoms with van der Waals surface area (Å²) < 4.78 is 15.7. The van der Waals surface area contributed by atoms with Crippen LogP contribution in [0.15, 0.2) is 30.3 Å². The van der Waals surface area contributed by atoms with E-state index in [0.29, 0.717) is 31.4 Å². The van der Waals surface area contributed by atoms with Gasteiger partial charge in [0.2, 0.25) is 0 Å². The number of carbonyl (C=O) groups is 1. The maximum Gasteiger partial charge on any atom is 0.508 e. The second-order valence-corrected chi connectivity index (χ2v) is 5.09. The number of cyclic esters (lactones) is 2. The number of ether oxygens (including phenoxy) is 3. The average Bonchev–Trinajstić information content (AvgIpc) is 2.44. The summed E-state index contributed by atoms with van der Waals surface area (Å²) in [5.74, 6) is 0. The monoisotopic (exact) mass is 328 g/mol. The van der Waals surface area contributed by atoms with Gasteiger partial charge in [-0.1, -0.05) is 46.3 Å². The molecular formula is C14H17BrO4. The van der Waals surface area contributed by atoms with Gasteiger partial charge in [-0.2, -0.15) is 0 Å². The van der Waals surface area contributed by atoms with Crippen LogP contribution in [0.1, 0.15) is 18.4 Å². The number of hydrogen-bond acceptors (Lipinski definition) is 4. The molecule has 0 saturated carbocycles. The Hall–Kier alpha value is -1.07. The molecule has 0 aliphatic carbocycles. The van der Waals surface area contributed by atoms with Gasteiger partial charge in [-0.25, -0.2) is 4.79 Å². The van der Waals surface area contributed by atoms with E-state index in [-0.39, 0.29) is 12.2 Å². The zero-order chi connectivity index (χ0) is 13.5. The average molecular weight is 329 g/mol. The van der Waals surface area contributed by atoms with E-state index in [9.17, 15) is 4.79 Å². The molecule has 0 unspecified atom stereocenters. The minimum atomic E-state index is -0.580. The van der Waals surface area contributed by atoms with Crippen LogP contribution in [0.5, 0.6) is 0 Å². The first kappa shape index (κ1) is 14.3. The van der Waals surface area contributed by atoms with Crippen molar-refractivity contribution < 1.29 is 19.0 Å². The zero-order valence-electron chi connectivity index (χ0n) is 10.6. The van der Waals surface area contributed by atoms with Crippen LogP contribution < -0.4 is 0 Å². The van der Waals surface area contributed by atoms with Gasteiger partial charge in [-0.15, -0.1) is 0 Å². The second kappa shape index (κ2) is 7.50. The van der Waals surface area contributed by atoms with E-state index in [1.165, 1.54) is 0 Å². The first-order chi connectivity index (χ1) is 9.28.